The molecule has 1 saturated heterocycles. The molecule has 0 radical (unpaired) electrons. The molecule has 1 aromatic rings. The monoisotopic (exact) mass is 413 g/mol. The predicted molar refractivity (Wildman–Crippen MR) is 106 cm³/mol. The van der Waals surface area contributed by atoms with Crippen molar-refractivity contribution in [2.75, 3.05) is 31.5 Å². The fourth-order valence-corrected chi connectivity index (χ4v) is 3.68. The van der Waals surface area contributed by atoms with E-state index in [2.05, 4.69) is 5.32 Å². The van der Waals surface area contributed by atoms with Crippen LogP contribution in [0.5, 0.6) is 0 Å². The van der Waals surface area contributed by atoms with E-state index in [9.17, 15) is 13.8 Å². The minimum absolute atomic E-state index is 0.336. The van der Waals surface area contributed by atoms with Crippen LogP contribution in [0.1, 0.15) is 20.8 Å². The van der Waals surface area contributed by atoms with Crippen LogP contribution in [0.3, 0.4) is 0 Å². The molecule has 148 valence electrons. The zero-order valence-corrected chi connectivity index (χ0v) is 17.2. The zero-order valence-electron chi connectivity index (χ0n) is 15.6. The number of hydrogen-bond donors (Lipinski definition) is 1. The van der Waals surface area contributed by atoms with Crippen molar-refractivity contribution in [2.24, 2.45) is 0 Å². The molecule has 1 aliphatic rings. The molecule has 0 spiro atoms. The number of halogens is 1. The molecular weight excluding hydrogens is 390 g/mol. The molecule has 1 unspecified atom stereocenters. The average molecular weight is 414 g/mol. The van der Waals surface area contributed by atoms with E-state index in [4.69, 9.17) is 16.3 Å². The molecule has 2 rings (SSSR count). The maximum atomic E-state index is 12.7. The SMILES string of the molecule is CC(C)(C)OC(=O)N1CCN(S(=O)c2ccc(NC(=O)/C=C/Cl)cc2)CC1. The summed E-state index contributed by atoms with van der Waals surface area (Å²) < 4.78 is 19.9. The molecule has 1 N–H and O–H groups in total. The van der Waals surface area contributed by atoms with Crippen molar-refractivity contribution in [2.45, 2.75) is 31.3 Å². The summed E-state index contributed by atoms with van der Waals surface area (Å²) in [5.74, 6) is -0.336. The van der Waals surface area contributed by atoms with Gasteiger partial charge < -0.3 is 15.0 Å². The van der Waals surface area contributed by atoms with Crippen LogP contribution in [0.4, 0.5) is 10.5 Å². The molecule has 1 fully saturated rings. The quantitative estimate of drug-likeness (QED) is 0.769. The Hall–Kier alpha value is -1.90. The molecule has 7 nitrogen and oxygen atoms in total. The average Bonchev–Trinajstić information content (AvgIpc) is 2.60. The fourth-order valence-electron chi connectivity index (χ4n) is 2.41. The Bertz CT molecular complexity index is 723. The summed E-state index contributed by atoms with van der Waals surface area (Å²) in [5.41, 5.74) is 1.19. The lowest BCUT2D eigenvalue weighted by molar-refractivity contribution is -0.111. The van der Waals surface area contributed by atoms with Gasteiger partial charge in [0.15, 0.2) is 0 Å². The second-order valence-corrected chi connectivity index (χ2v) is 8.69. The summed E-state index contributed by atoms with van der Waals surface area (Å²) in [6.45, 7) is 7.38. The van der Waals surface area contributed by atoms with Crippen molar-refractivity contribution < 1.29 is 18.5 Å². The van der Waals surface area contributed by atoms with Crippen LogP contribution in [0, 0.1) is 0 Å². The lowest BCUT2D eigenvalue weighted by Crippen LogP contribution is -2.50. The van der Waals surface area contributed by atoms with E-state index in [0.29, 0.717) is 36.8 Å². The summed E-state index contributed by atoms with van der Waals surface area (Å²) in [6, 6.07) is 6.78. The molecule has 9 heteroatoms. The molecule has 1 heterocycles. The highest BCUT2D eigenvalue weighted by Crippen LogP contribution is 2.18. The number of nitrogens with zero attached hydrogens (tertiary/aromatic N) is 2. The number of carbonyl (C=O) groups excluding carboxylic acids is 2. The summed E-state index contributed by atoms with van der Waals surface area (Å²) >= 11 is 5.36. The van der Waals surface area contributed by atoms with Crippen LogP contribution >= 0.6 is 11.6 Å². The van der Waals surface area contributed by atoms with Gasteiger partial charge in [0, 0.05) is 43.5 Å². The van der Waals surface area contributed by atoms with Gasteiger partial charge in [-0.1, -0.05) is 11.6 Å². The molecule has 0 saturated carbocycles. The Morgan fingerprint density at radius 3 is 2.26 bits per heavy atom. The molecule has 1 aromatic carbocycles. The number of amides is 2. The Labute approximate surface area is 166 Å². The van der Waals surface area contributed by atoms with Crippen LogP contribution in [-0.4, -0.2) is 57.2 Å². The minimum atomic E-state index is -1.33. The molecule has 0 bridgehead atoms. The van der Waals surface area contributed by atoms with Gasteiger partial charge in [-0.25, -0.2) is 13.3 Å². The smallest absolute Gasteiger partial charge is 0.410 e. The number of nitrogens with one attached hydrogen (secondary N) is 1. The highest BCUT2D eigenvalue weighted by Gasteiger charge is 2.28. The molecule has 1 atom stereocenters. The molecule has 27 heavy (non-hydrogen) atoms. The Morgan fingerprint density at radius 2 is 1.74 bits per heavy atom. The molecule has 1 aliphatic heterocycles. The number of rotatable bonds is 4. The summed E-state index contributed by atoms with van der Waals surface area (Å²) in [5, 5.41) is 2.64. The number of ether oxygens (including phenoxy) is 1. The van der Waals surface area contributed by atoms with E-state index >= 15 is 0 Å². The van der Waals surface area contributed by atoms with Crippen LogP contribution in [-0.2, 0) is 20.5 Å². The number of anilines is 1. The van der Waals surface area contributed by atoms with Gasteiger partial charge in [0.2, 0.25) is 5.91 Å². The first-order valence-electron chi connectivity index (χ1n) is 8.52. The Balaban J connectivity index is 1.90. The molecular formula is C18H24ClN3O4S. The molecule has 0 aromatic heterocycles. The van der Waals surface area contributed by atoms with Crippen molar-refractivity contribution in [3.05, 3.63) is 35.9 Å². The maximum Gasteiger partial charge on any atom is 0.410 e. The van der Waals surface area contributed by atoms with E-state index in [-0.39, 0.29) is 12.0 Å². The summed E-state index contributed by atoms with van der Waals surface area (Å²) in [4.78, 5) is 25.8. The van der Waals surface area contributed by atoms with Crippen molar-refractivity contribution in [1.82, 2.24) is 9.21 Å². The topological polar surface area (TPSA) is 79.0 Å². The van der Waals surface area contributed by atoms with Crippen molar-refractivity contribution in [3.63, 3.8) is 0 Å². The maximum absolute atomic E-state index is 12.7. The van der Waals surface area contributed by atoms with Gasteiger partial charge in [0.05, 0.1) is 4.90 Å². The van der Waals surface area contributed by atoms with Crippen molar-refractivity contribution >= 4 is 40.3 Å². The zero-order chi connectivity index (χ0) is 20.0. The van der Waals surface area contributed by atoms with Crippen LogP contribution in [0.25, 0.3) is 0 Å². The first kappa shape index (κ1) is 21.4. The number of carbonyl (C=O) groups is 2. The van der Waals surface area contributed by atoms with Gasteiger partial charge in [-0.05, 0) is 45.0 Å². The van der Waals surface area contributed by atoms with E-state index in [1.165, 1.54) is 6.08 Å². The molecule has 0 aliphatic carbocycles. The summed E-state index contributed by atoms with van der Waals surface area (Å²) in [6.07, 6.45) is 0.858. The van der Waals surface area contributed by atoms with Gasteiger partial charge in [-0.15, -0.1) is 0 Å². The van der Waals surface area contributed by atoms with E-state index < -0.39 is 16.6 Å². The summed E-state index contributed by atoms with van der Waals surface area (Å²) in [7, 11) is -1.33. The number of hydrogen-bond acceptors (Lipinski definition) is 4. The van der Waals surface area contributed by atoms with Crippen LogP contribution in [0.2, 0.25) is 0 Å². The number of piperazine rings is 1. The largest absolute Gasteiger partial charge is 0.444 e. The first-order valence-corrected chi connectivity index (χ1v) is 10.1. The Morgan fingerprint density at radius 1 is 1.15 bits per heavy atom. The van der Waals surface area contributed by atoms with Gasteiger partial charge in [0.1, 0.15) is 16.6 Å². The van der Waals surface area contributed by atoms with Gasteiger partial charge in [0.25, 0.3) is 0 Å². The van der Waals surface area contributed by atoms with E-state index in [1.807, 2.05) is 25.1 Å². The second-order valence-electron chi connectivity index (χ2n) is 6.95. The highest BCUT2D eigenvalue weighted by molar-refractivity contribution is 7.82. The van der Waals surface area contributed by atoms with Crippen molar-refractivity contribution in [1.29, 1.82) is 0 Å². The van der Waals surface area contributed by atoms with Gasteiger partial charge in [-0.3, -0.25) is 4.79 Å². The number of benzene rings is 1. The predicted octanol–water partition coefficient (Wildman–Crippen LogP) is 2.95. The molecule has 2 amide bonds. The van der Waals surface area contributed by atoms with Gasteiger partial charge >= 0.3 is 6.09 Å². The lowest BCUT2D eigenvalue weighted by Gasteiger charge is -2.34. The van der Waals surface area contributed by atoms with Crippen molar-refractivity contribution in [3.8, 4) is 0 Å². The van der Waals surface area contributed by atoms with Crippen LogP contribution < -0.4 is 5.32 Å². The van der Waals surface area contributed by atoms with E-state index in [0.717, 1.165) is 5.54 Å². The normalized spacial score (nSPS) is 17.0. The third-order valence-electron chi connectivity index (χ3n) is 3.66. The van der Waals surface area contributed by atoms with Gasteiger partial charge in [-0.2, -0.15) is 0 Å². The first-order chi connectivity index (χ1) is 12.7. The van der Waals surface area contributed by atoms with E-state index in [1.54, 1.807) is 29.2 Å². The third-order valence-corrected chi connectivity index (χ3v) is 5.30. The minimum Gasteiger partial charge on any atom is -0.444 e. The lowest BCUT2D eigenvalue weighted by atomic mass is 10.2. The Kier molecular flexibility index (Phi) is 7.41. The fraction of sp³-hybridized carbons (Fsp3) is 0.444. The highest BCUT2D eigenvalue weighted by atomic mass is 35.5. The second kappa shape index (κ2) is 9.34. The standard InChI is InChI=1S/C18H24ClN3O4S/c1-18(2,3)26-17(24)21-10-12-22(13-11-21)27(25)15-6-4-14(5-7-15)20-16(23)8-9-19/h4-9H,10-13H2,1-3H3,(H,20,23)/b9-8+. The third kappa shape index (κ3) is 6.64. The van der Waals surface area contributed by atoms with Crippen LogP contribution in [0.15, 0.2) is 40.8 Å².